The number of carbonyl (C=O) groups excluding carboxylic acids is 4. The van der Waals surface area contributed by atoms with E-state index < -0.39 is 88.9 Å². The second-order valence-corrected chi connectivity index (χ2v) is 9.18. The summed E-state index contributed by atoms with van der Waals surface area (Å²) in [6.45, 7) is 3.24. The van der Waals surface area contributed by atoms with Crippen molar-refractivity contribution in [1.82, 2.24) is 0 Å². The third kappa shape index (κ3) is 9.46. The van der Waals surface area contributed by atoms with E-state index in [9.17, 15) is 59.6 Å². The molecule has 0 amide bonds. The van der Waals surface area contributed by atoms with E-state index in [4.69, 9.17) is 18.9 Å². The maximum atomic E-state index is 12.8. The lowest BCUT2D eigenvalue weighted by molar-refractivity contribution is -0.395. The molecule has 246 valence electrons. The quantitative estimate of drug-likeness (QED) is 0.0602. The number of benzene rings is 2. The first kappa shape index (κ1) is 36.1. The molecule has 0 spiro atoms. The minimum absolute atomic E-state index is 0.222. The van der Waals surface area contributed by atoms with Crippen molar-refractivity contribution in [2.45, 2.75) is 52.4 Å². The second-order valence-electron chi connectivity index (χ2n) is 9.18. The number of rotatable bonds is 16. The number of nitrogens with zero attached hydrogens (tertiary/aromatic N) is 4. The molecule has 0 unspecified atom stereocenters. The van der Waals surface area contributed by atoms with Gasteiger partial charge < -0.3 is 18.9 Å². The second kappa shape index (κ2) is 16.7. The van der Waals surface area contributed by atoms with E-state index in [-0.39, 0.29) is 13.2 Å². The molecule has 0 heterocycles. The van der Waals surface area contributed by atoms with E-state index in [1.165, 1.54) is 0 Å². The Labute approximate surface area is 257 Å². The van der Waals surface area contributed by atoms with Crippen molar-refractivity contribution in [3.05, 3.63) is 75.8 Å². The van der Waals surface area contributed by atoms with Crippen molar-refractivity contribution in [2.24, 2.45) is 0 Å². The zero-order valence-electron chi connectivity index (χ0n) is 24.3. The molecule has 46 heavy (non-hydrogen) atoms. The van der Waals surface area contributed by atoms with Crippen molar-refractivity contribution in [3.8, 4) is 11.5 Å². The van der Waals surface area contributed by atoms with Crippen LogP contribution in [0.4, 0.5) is 22.7 Å². The van der Waals surface area contributed by atoms with Crippen LogP contribution in [0.25, 0.3) is 0 Å². The average Bonchev–Trinajstić information content (AvgIpc) is 3.00. The lowest BCUT2D eigenvalue weighted by Crippen LogP contribution is -2.28. The number of ether oxygens (including phenoxy) is 4. The fraction of sp³-hybridized carbons (Fsp3) is 0.385. The fourth-order valence-corrected chi connectivity index (χ4v) is 3.66. The number of non-ortho nitro benzene ring substituents is 2. The van der Waals surface area contributed by atoms with Gasteiger partial charge in [-0.2, -0.15) is 0 Å². The van der Waals surface area contributed by atoms with Gasteiger partial charge in [-0.05, 0) is 12.8 Å². The van der Waals surface area contributed by atoms with Gasteiger partial charge in [-0.3, -0.25) is 40.5 Å². The van der Waals surface area contributed by atoms with Crippen LogP contribution in [-0.2, 0) is 19.1 Å². The van der Waals surface area contributed by atoms with Gasteiger partial charge in [-0.15, -0.1) is 0 Å². The van der Waals surface area contributed by atoms with Crippen molar-refractivity contribution >= 4 is 46.6 Å². The van der Waals surface area contributed by atoms with Gasteiger partial charge in [0.2, 0.25) is 11.5 Å². The molecule has 0 saturated heterocycles. The van der Waals surface area contributed by atoms with Gasteiger partial charge in [0, 0.05) is 12.1 Å². The highest BCUT2D eigenvalue weighted by Crippen LogP contribution is 2.38. The van der Waals surface area contributed by atoms with E-state index in [2.05, 4.69) is 0 Å². The molecule has 2 rings (SSSR count). The molecule has 0 saturated carbocycles. The number of nitro benzene ring substituents is 4. The lowest BCUT2D eigenvalue weighted by Gasteiger charge is -2.12. The molecular weight excluding hydrogens is 624 g/mol. The van der Waals surface area contributed by atoms with E-state index in [0.717, 1.165) is 12.8 Å². The molecule has 0 aromatic heterocycles. The van der Waals surface area contributed by atoms with Crippen LogP contribution in [0, 0.1) is 40.5 Å². The van der Waals surface area contributed by atoms with Crippen molar-refractivity contribution < 1.29 is 57.8 Å². The zero-order chi connectivity index (χ0) is 34.6. The van der Waals surface area contributed by atoms with Crippen LogP contribution in [0.15, 0.2) is 24.3 Å². The Morgan fingerprint density at radius 1 is 0.565 bits per heavy atom. The van der Waals surface area contributed by atoms with Crippen LogP contribution < -0.4 is 9.47 Å². The third-order valence-electron chi connectivity index (χ3n) is 5.88. The van der Waals surface area contributed by atoms with Gasteiger partial charge in [-0.25, -0.2) is 19.2 Å². The Bertz CT molecular complexity index is 1460. The summed E-state index contributed by atoms with van der Waals surface area (Å²) < 4.78 is 19.4. The molecule has 2 aromatic rings. The fourth-order valence-electron chi connectivity index (χ4n) is 3.66. The molecule has 0 radical (unpaired) electrons. The maximum Gasteiger partial charge on any atom is 0.423 e. The predicted octanol–water partition coefficient (Wildman–Crippen LogP) is 4.52. The summed E-state index contributed by atoms with van der Waals surface area (Å²) in [6.07, 6.45) is 3.35. The predicted molar refractivity (Wildman–Crippen MR) is 150 cm³/mol. The molecule has 0 aliphatic heterocycles. The average molecular weight is 651 g/mol. The smallest absolute Gasteiger partial charge is 0.423 e. The molecular formula is C26H26N4O16. The van der Waals surface area contributed by atoms with Gasteiger partial charge in [0.15, 0.2) is 0 Å². The Morgan fingerprint density at radius 2 is 0.913 bits per heavy atom. The number of esters is 4. The Kier molecular flexibility index (Phi) is 13.1. The molecule has 20 heteroatoms. The molecule has 0 atom stereocenters. The molecule has 0 N–H and O–H groups in total. The SMILES string of the molecule is CCCCCOC(=O)c1cc([N+](=O)[O-])cc([N+](=O)[O-])c1OC(=O)C(=O)Oc1c(C(=O)OCCCCC)cc([N+](=O)[O-])cc1[N+](=O)[O-]. The van der Waals surface area contributed by atoms with Gasteiger partial charge >= 0.3 is 35.3 Å². The van der Waals surface area contributed by atoms with Gasteiger partial charge in [0.25, 0.3) is 11.4 Å². The minimum atomic E-state index is -2.15. The molecule has 0 aliphatic rings. The number of unbranched alkanes of at least 4 members (excludes halogenated alkanes) is 4. The molecule has 2 aromatic carbocycles. The first-order chi connectivity index (χ1) is 21.7. The summed E-state index contributed by atoms with van der Waals surface area (Å²) in [5, 5.41) is 46.1. The highest BCUT2D eigenvalue weighted by atomic mass is 16.7. The van der Waals surface area contributed by atoms with Gasteiger partial charge in [0.1, 0.15) is 11.1 Å². The Morgan fingerprint density at radius 3 is 1.20 bits per heavy atom. The Hall–Kier alpha value is -6.08. The summed E-state index contributed by atoms with van der Waals surface area (Å²) in [6, 6.07) is 1.65. The van der Waals surface area contributed by atoms with Crippen molar-refractivity contribution in [2.75, 3.05) is 13.2 Å². The highest BCUT2D eigenvalue weighted by Gasteiger charge is 2.36. The number of hydrogen-bond donors (Lipinski definition) is 0. The molecule has 0 fully saturated rings. The first-order valence-electron chi connectivity index (χ1n) is 13.4. The monoisotopic (exact) mass is 650 g/mol. The summed E-state index contributed by atoms with van der Waals surface area (Å²) >= 11 is 0. The Balaban J connectivity index is 2.56. The van der Waals surface area contributed by atoms with Gasteiger partial charge in [0.05, 0.1) is 45.0 Å². The van der Waals surface area contributed by atoms with Gasteiger partial charge in [-0.1, -0.05) is 39.5 Å². The largest absolute Gasteiger partial charge is 0.462 e. The van der Waals surface area contributed by atoms with Crippen molar-refractivity contribution in [3.63, 3.8) is 0 Å². The van der Waals surface area contributed by atoms with E-state index in [1.807, 2.05) is 13.8 Å². The first-order valence-corrected chi connectivity index (χ1v) is 13.4. The standard InChI is InChI=1S/C26H26N4O16/c1-3-5-7-9-43-23(31)17-11-15(27(35)36)13-19(29(39)40)21(17)45-25(33)26(34)46-22-18(24(32)44-10-8-6-4-2)12-16(28(37)38)14-20(22)30(41)42/h11-14H,3-10H2,1-2H3. The zero-order valence-corrected chi connectivity index (χ0v) is 24.3. The van der Waals surface area contributed by atoms with E-state index in [1.54, 1.807) is 0 Å². The summed E-state index contributed by atoms with van der Waals surface area (Å²) in [5.74, 6) is -9.59. The highest BCUT2D eigenvalue weighted by molar-refractivity contribution is 6.31. The third-order valence-corrected chi connectivity index (χ3v) is 5.88. The topological polar surface area (TPSA) is 278 Å². The minimum Gasteiger partial charge on any atom is -0.462 e. The van der Waals surface area contributed by atoms with Crippen molar-refractivity contribution in [1.29, 1.82) is 0 Å². The van der Waals surface area contributed by atoms with E-state index in [0.29, 0.717) is 49.9 Å². The van der Waals surface area contributed by atoms with Crippen LogP contribution in [0.5, 0.6) is 11.5 Å². The maximum absolute atomic E-state index is 12.8. The molecule has 0 bridgehead atoms. The summed E-state index contributed by atoms with van der Waals surface area (Å²) in [4.78, 5) is 92.4. The van der Waals surface area contributed by atoms with Crippen LogP contribution in [0.3, 0.4) is 0 Å². The summed E-state index contributed by atoms with van der Waals surface area (Å²) in [5.41, 5.74) is -6.55. The molecule has 20 nitrogen and oxygen atoms in total. The summed E-state index contributed by atoms with van der Waals surface area (Å²) in [7, 11) is 0. The van der Waals surface area contributed by atoms with Crippen LogP contribution in [0.1, 0.15) is 73.1 Å². The number of nitro groups is 4. The lowest BCUT2D eigenvalue weighted by atomic mass is 10.1. The number of carbonyl (C=O) groups is 4. The molecule has 0 aliphatic carbocycles. The number of hydrogen-bond acceptors (Lipinski definition) is 16. The van der Waals surface area contributed by atoms with E-state index >= 15 is 0 Å². The normalized spacial score (nSPS) is 10.4. The van der Waals surface area contributed by atoms with Crippen LogP contribution in [0.2, 0.25) is 0 Å². The van der Waals surface area contributed by atoms with Crippen LogP contribution in [-0.4, -0.2) is 56.8 Å². The van der Waals surface area contributed by atoms with Crippen LogP contribution >= 0.6 is 0 Å².